The summed E-state index contributed by atoms with van der Waals surface area (Å²) in [6, 6.07) is 2.66. The van der Waals surface area contributed by atoms with Crippen molar-refractivity contribution in [1.82, 2.24) is 5.12 Å². The van der Waals surface area contributed by atoms with E-state index < -0.39 is 49.7 Å². The van der Waals surface area contributed by atoms with Crippen LogP contribution in [0.2, 0.25) is 10.0 Å². The lowest BCUT2D eigenvalue weighted by Crippen LogP contribution is -2.42. The molecule has 0 spiro atoms. The predicted octanol–water partition coefficient (Wildman–Crippen LogP) is 5.83. The third-order valence-corrected chi connectivity index (χ3v) is 5.01. The van der Waals surface area contributed by atoms with E-state index in [9.17, 15) is 31.6 Å². The van der Waals surface area contributed by atoms with E-state index in [1.807, 2.05) is 0 Å². The summed E-state index contributed by atoms with van der Waals surface area (Å²) < 4.78 is 83.4. The molecule has 5 nitrogen and oxygen atoms in total. The number of benzene rings is 1. The van der Waals surface area contributed by atoms with Gasteiger partial charge >= 0.3 is 11.7 Å². The van der Waals surface area contributed by atoms with E-state index in [2.05, 4.69) is 0 Å². The first kappa shape index (κ1) is 24.5. The lowest BCUT2D eigenvalue weighted by molar-refractivity contribution is -0.137. The summed E-state index contributed by atoms with van der Waals surface area (Å²) in [4.78, 5) is -0.584. The molecule has 164 valence electrons. The minimum Gasteiger partial charge on any atom is -0.378 e. The van der Waals surface area contributed by atoms with Crippen LogP contribution in [0.25, 0.3) is 0 Å². The number of hydrogen-bond acceptors (Lipinski definition) is 6. The number of hydrogen-bond donors (Lipinski definition) is 1. The molecule has 30 heavy (non-hydrogen) atoms. The van der Waals surface area contributed by atoms with Crippen LogP contribution in [-0.4, -0.2) is 23.8 Å². The molecule has 0 radical (unpaired) electrons. The van der Waals surface area contributed by atoms with Crippen LogP contribution in [0.4, 0.5) is 32.0 Å². The molecule has 2 rings (SSSR count). The average molecular weight is 493 g/mol. The van der Waals surface area contributed by atoms with Gasteiger partial charge in [-0.2, -0.15) is 31.6 Å². The van der Waals surface area contributed by atoms with Gasteiger partial charge in [-0.15, -0.1) is 0 Å². The average Bonchev–Trinajstić information content (AvgIpc) is 2.83. The number of thioether (sulfide) groups is 1. The second kappa shape index (κ2) is 9.15. The Kier molecular flexibility index (Phi) is 7.47. The van der Waals surface area contributed by atoms with Crippen molar-refractivity contribution in [1.29, 1.82) is 5.26 Å². The molecule has 14 heteroatoms. The van der Waals surface area contributed by atoms with Crippen molar-refractivity contribution in [2.24, 2.45) is 5.84 Å². The molecular weight excluding hydrogens is 481 g/mol. The number of ether oxygens (including phenoxy) is 1. The SMILES string of the molecule is CCOCC=C1C(SC(F)(F)F)=C(C#N)N(N)N1c1c(Cl)cc(C(F)(F)F)cc1Cl. The number of halogens is 8. The summed E-state index contributed by atoms with van der Waals surface area (Å²) in [6.45, 7) is 1.70. The van der Waals surface area contributed by atoms with Crippen LogP contribution < -0.4 is 10.9 Å². The first-order chi connectivity index (χ1) is 13.8. The van der Waals surface area contributed by atoms with Crippen molar-refractivity contribution in [3.8, 4) is 6.07 Å². The highest BCUT2D eigenvalue weighted by atomic mass is 35.5. The number of alkyl halides is 6. The number of nitrogens with zero attached hydrogens (tertiary/aromatic N) is 3. The Morgan fingerprint density at radius 1 is 1.20 bits per heavy atom. The summed E-state index contributed by atoms with van der Waals surface area (Å²) in [6.07, 6.45) is -3.58. The minimum atomic E-state index is -4.79. The maximum atomic E-state index is 13.1. The highest BCUT2D eigenvalue weighted by molar-refractivity contribution is 8.04. The van der Waals surface area contributed by atoms with Gasteiger partial charge in [-0.3, -0.25) is 0 Å². The van der Waals surface area contributed by atoms with Crippen molar-refractivity contribution in [2.45, 2.75) is 18.6 Å². The second-order valence-corrected chi connectivity index (χ2v) is 7.42. The van der Waals surface area contributed by atoms with Crippen LogP contribution in [0.1, 0.15) is 12.5 Å². The molecule has 0 unspecified atom stereocenters. The van der Waals surface area contributed by atoms with Crippen LogP contribution in [0.3, 0.4) is 0 Å². The van der Waals surface area contributed by atoms with E-state index in [1.165, 1.54) is 6.08 Å². The third-order valence-electron chi connectivity index (χ3n) is 3.60. The Morgan fingerprint density at radius 2 is 1.77 bits per heavy atom. The molecule has 1 heterocycles. The molecule has 1 aromatic carbocycles. The standard InChI is InChI=1S/C16H12Cl2F6N4OS/c1-2-29-4-3-11-14(30-16(22,23)24)12(7-25)28(26)27(11)13-9(17)5-8(6-10(13)18)15(19,20)21/h3,5-6H,2,4,26H2,1H3. The van der Waals surface area contributed by atoms with Gasteiger partial charge in [-0.25, -0.2) is 16.0 Å². The monoisotopic (exact) mass is 492 g/mol. The highest BCUT2D eigenvalue weighted by Crippen LogP contribution is 2.50. The molecule has 0 bridgehead atoms. The molecular formula is C16H12Cl2F6N4OS. The summed E-state index contributed by atoms with van der Waals surface area (Å²) in [5.74, 6) is 5.81. The molecule has 2 N–H and O–H groups in total. The molecule has 0 aromatic heterocycles. The van der Waals surface area contributed by atoms with Gasteiger partial charge in [-0.05, 0) is 36.9 Å². The molecule has 0 saturated carbocycles. The summed E-state index contributed by atoms with van der Waals surface area (Å²) in [5, 5.41) is 9.62. The molecule has 0 atom stereocenters. The maximum Gasteiger partial charge on any atom is 0.446 e. The van der Waals surface area contributed by atoms with Crippen molar-refractivity contribution in [3.05, 3.63) is 50.1 Å². The van der Waals surface area contributed by atoms with Crippen LogP contribution in [0.5, 0.6) is 0 Å². The summed E-state index contributed by atoms with van der Waals surface area (Å²) >= 11 is 11.4. The number of nitriles is 1. The zero-order valence-electron chi connectivity index (χ0n) is 14.9. The van der Waals surface area contributed by atoms with Crippen molar-refractivity contribution in [3.63, 3.8) is 0 Å². The van der Waals surface area contributed by atoms with E-state index in [-0.39, 0.29) is 24.6 Å². The minimum absolute atomic E-state index is 0.174. The lowest BCUT2D eigenvalue weighted by atomic mass is 10.2. The molecule has 0 aliphatic carbocycles. The first-order valence-corrected chi connectivity index (χ1v) is 9.48. The van der Waals surface area contributed by atoms with Crippen LogP contribution in [-0.2, 0) is 10.9 Å². The fraction of sp³-hybridized carbons (Fsp3) is 0.312. The van der Waals surface area contributed by atoms with E-state index in [0.717, 1.165) is 5.01 Å². The van der Waals surface area contributed by atoms with Gasteiger partial charge in [0.05, 0.1) is 32.8 Å². The van der Waals surface area contributed by atoms with Crippen LogP contribution in [0, 0.1) is 11.3 Å². The first-order valence-electron chi connectivity index (χ1n) is 7.91. The van der Waals surface area contributed by atoms with Crippen molar-refractivity contribution >= 4 is 40.7 Å². The molecule has 1 aromatic rings. The van der Waals surface area contributed by atoms with Gasteiger partial charge in [0.1, 0.15) is 11.8 Å². The van der Waals surface area contributed by atoms with E-state index in [0.29, 0.717) is 17.3 Å². The highest BCUT2D eigenvalue weighted by Gasteiger charge is 2.43. The molecule has 0 fully saturated rings. The molecule has 1 aliphatic heterocycles. The Hall–Kier alpha value is -1.78. The van der Waals surface area contributed by atoms with Crippen molar-refractivity contribution in [2.75, 3.05) is 18.2 Å². The number of allylic oxidation sites excluding steroid dienone is 1. The predicted molar refractivity (Wildman–Crippen MR) is 101 cm³/mol. The Bertz CT molecular complexity index is 903. The van der Waals surface area contributed by atoms with Crippen LogP contribution >= 0.6 is 35.0 Å². The number of rotatable bonds is 5. The normalized spacial score (nSPS) is 16.6. The zero-order valence-corrected chi connectivity index (χ0v) is 17.2. The van der Waals surface area contributed by atoms with Crippen molar-refractivity contribution < 1.29 is 31.1 Å². The number of hydrazine groups is 2. The van der Waals surface area contributed by atoms with E-state index in [1.54, 1.807) is 13.0 Å². The quantitative estimate of drug-likeness (QED) is 0.316. The van der Waals surface area contributed by atoms with E-state index in [4.69, 9.17) is 33.8 Å². The topological polar surface area (TPSA) is 65.5 Å². The fourth-order valence-corrected chi connectivity index (χ4v) is 3.84. The van der Waals surface area contributed by atoms with Gasteiger partial charge in [0.2, 0.25) is 0 Å². The van der Waals surface area contributed by atoms with Gasteiger partial charge in [0.25, 0.3) is 0 Å². The van der Waals surface area contributed by atoms with E-state index >= 15 is 0 Å². The smallest absolute Gasteiger partial charge is 0.378 e. The Morgan fingerprint density at radius 3 is 2.20 bits per heavy atom. The third kappa shape index (κ3) is 5.28. The summed E-state index contributed by atoms with van der Waals surface area (Å²) in [5.41, 5.74) is -7.16. The number of anilines is 1. The zero-order chi connectivity index (χ0) is 22.9. The molecule has 0 amide bonds. The Balaban J connectivity index is 2.67. The molecule has 0 saturated heterocycles. The largest absolute Gasteiger partial charge is 0.446 e. The molecule has 1 aliphatic rings. The maximum absolute atomic E-state index is 13.1. The summed E-state index contributed by atoms with van der Waals surface area (Å²) in [7, 11) is 0. The van der Waals surface area contributed by atoms with Gasteiger partial charge in [0, 0.05) is 6.61 Å². The lowest BCUT2D eigenvalue weighted by Gasteiger charge is -2.30. The number of nitrogens with two attached hydrogens (primary N) is 1. The second-order valence-electron chi connectivity index (χ2n) is 5.53. The fourth-order valence-electron chi connectivity index (χ4n) is 2.45. The van der Waals surface area contributed by atoms with Gasteiger partial charge in [-0.1, -0.05) is 23.2 Å². The van der Waals surface area contributed by atoms with Gasteiger partial charge < -0.3 is 4.74 Å². The van der Waals surface area contributed by atoms with Crippen LogP contribution in [0.15, 0.2) is 34.5 Å². The Labute approximate surface area is 181 Å². The van der Waals surface area contributed by atoms with Gasteiger partial charge in [0.15, 0.2) is 5.70 Å².